The van der Waals surface area contributed by atoms with Gasteiger partial charge in [0.1, 0.15) is 0 Å². The predicted octanol–water partition coefficient (Wildman–Crippen LogP) is 4.05. The normalized spacial score (nSPS) is 10.8. The van der Waals surface area contributed by atoms with Crippen LogP contribution < -0.4 is 5.43 Å². The Kier molecular flexibility index (Phi) is 3.35. The van der Waals surface area contributed by atoms with Gasteiger partial charge in [0.25, 0.3) is 0 Å². The lowest BCUT2D eigenvalue weighted by Crippen LogP contribution is -2.16. The van der Waals surface area contributed by atoms with Gasteiger partial charge in [0.05, 0.1) is 21.8 Å². The third-order valence-electron chi connectivity index (χ3n) is 3.40. The molecular formula is C17H12ClNO2. The average Bonchev–Trinajstić information content (AvgIpc) is 2.48. The molecule has 1 heterocycles. The molecule has 0 amide bonds. The summed E-state index contributed by atoms with van der Waals surface area (Å²) in [4.78, 5) is 27.7. The molecule has 1 aromatic heterocycles. The molecular weight excluding hydrogens is 286 g/mol. The molecule has 0 saturated heterocycles. The zero-order valence-electron chi connectivity index (χ0n) is 11.3. The average molecular weight is 298 g/mol. The number of carbonyl (C=O) groups excluding carboxylic acids is 1. The van der Waals surface area contributed by atoms with Crippen LogP contribution in [0, 0.1) is 0 Å². The summed E-state index contributed by atoms with van der Waals surface area (Å²) in [7, 11) is 0. The van der Waals surface area contributed by atoms with Crippen molar-refractivity contribution in [2.24, 2.45) is 0 Å². The van der Waals surface area contributed by atoms with E-state index in [4.69, 9.17) is 11.6 Å². The van der Waals surface area contributed by atoms with Gasteiger partial charge in [-0.05, 0) is 24.6 Å². The highest BCUT2D eigenvalue weighted by molar-refractivity contribution is 6.35. The SMILES string of the molecule is CC(=O)c1c(-c2ccccc2)[nH]c2c(Cl)cccc2c1=O. The van der Waals surface area contributed by atoms with E-state index in [-0.39, 0.29) is 16.8 Å². The predicted molar refractivity (Wildman–Crippen MR) is 85.0 cm³/mol. The maximum absolute atomic E-state index is 12.6. The van der Waals surface area contributed by atoms with Gasteiger partial charge in [-0.15, -0.1) is 0 Å². The highest BCUT2D eigenvalue weighted by Crippen LogP contribution is 2.26. The quantitative estimate of drug-likeness (QED) is 0.725. The lowest BCUT2D eigenvalue weighted by Gasteiger charge is -2.10. The van der Waals surface area contributed by atoms with E-state index in [1.807, 2.05) is 30.3 Å². The van der Waals surface area contributed by atoms with Crippen LogP contribution >= 0.6 is 11.6 Å². The van der Waals surface area contributed by atoms with E-state index in [2.05, 4.69) is 4.98 Å². The fraction of sp³-hybridized carbons (Fsp3) is 0.0588. The van der Waals surface area contributed by atoms with Crippen molar-refractivity contribution >= 4 is 28.3 Å². The monoisotopic (exact) mass is 297 g/mol. The minimum absolute atomic E-state index is 0.163. The lowest BCUT2D eigenvalue weighted by molar-refractivity contribution is 0.101. The van der Waals surface area contributed by atoms with Gasteiger partial charge in [0.2, 0.25) is 5.43 Å². The van der Waals surface area contributed by atoms with Crippen molar-refractivity contribution in [2.45, 2.75) is 6.92 Å². The summed E-state index contributed by atoms with van der Waals surface area (Å²) in [5.41, 5.74) is 1.71. The van der Waals surface area contributed by atoms with Crippen LogP contribution in [0.5, 0.6) is 0 Å². The number of hydrogen-bond acceptors (Lipinski definition) is 2. The Bertz CT molecular complexity index is 898. The molecule has 2 aromatic carbocycles. The number of aromatic amines is 1. The van der Waals surface area contributed by atoms with Crippen LogP contribution in [0.4, 0.5) is 0 Å². The molecule has 3 nitrogen and oxygen atoms in total. The molecule has 104 valence electrons. The van der Waals surface area contributed by atoms with Crippen molar-refractivity contribution in [3.8, 4) is 11.3 Å². The highest BCUT2D eigenvalue weighted by Gasteiger charge is 2.17. The van der Waals surface area contributed by atoms with Gasteiger partial charge in [0, 0.05) is 5.39 Å². The Morgan fingerprint density at radius 2 is 1.76 bits per heavy atom. The number of Topliss-reactive ketones (excluding diaryl/α,β-unsaturated/α-hetero) is 1. The van der Waals surface area contributed by atoms with E-state index in [9.17, 15) is 9.59 Å². The Labute approximate surface area is 126 Å². The molecule has 0 saturated carbocycles. The van der Waals surface area contributed by atoms with E-state index in [0.717, 1.165) is 5.56 Å². The first-order valence-electron chi connectivity index (χ1n) is 6.50. The second kappa shape index (κ2) is 5.19. The lowest BCUT2D eigenvalue weighted by atomic mass is 10.0. The van der Waals surface area contributed by atoms with Crippen LogP contribution in [-0.4, -0.2) is 10.8 Å². The number of hydrogen-bond donors (Lipinski definition) is 1. The van der Waals surface area contributed by atoms with Crippen LogP contribution in [0.2, 0.25) is 5.02 Å². The maximum Gasteiger partial charge on any atom is 0.200 e. The fourth-order valence-electron chi connectivity index (χ4n) is 2.43. The van der Waals surface area contributed by atoms with Crippen LogP contribution in [0.1, 0.15) is 17.3 Å². The number of carbonyl (C=O) groups is 1. The van der Waals surface area contributed by atoms with Gasteiger partial charge < -0.3 is 4.98 Å². The first-order chi connectivity index (χ1) is 10.1. The fourth-order valence-corrected chi connectivity index (χ4v) is 2.66. The molecule has 21 heavy (non-hydrogen) atoms. The third-order valence-corrected chi connectivity index (χ3v) is 3.71. The second-order valence-corrected chi connectivity index (χ2v) is 5.20. The first-order valence-corrected chi connectivity index (χ1v) is 6.88. The largest absolute Gasteiger partial charge is 0.353 e. The zero-order valence-corrected chi connectivity index (χ0v) is 12.1. The van der Waals surface area contributed by atoms with Crippen molar-refractivity contribution < 1.29 is 4.79 Å². The number of benzene rings is 2. The van der Waals surface area contributed by atoms with E-state index in [1.165, 1.54) is 6.92 Å². The van der Waals surface area contributed by atoms with Crippen LogP contribution in [0.25, 0.3) is 22.2 Å². The molecule has 1 N–H and O–H groups in total. The Morgan fingerprint density at radius 3 is 2.43 bits per heavy atom. The minimum Gasteiger partial charge on any atom is -0.353 e. The second-order valence-electron chi connectivity index (χ2n) is 4.79. The molecule has 0 unspecified atom stereocenters. The topological polar surface area (TPSA) is 49.9 Å². The molecule has 0 aliphatic carbocycles. The summed E-state index contributed by atoms with van der Waals surface area (Å²) in [6.07, 6.45) is 0. The van der Waals surface area contributed by atoms with Gasteiger partial charge in [-0.25, -0.2) is 0 Å². The van der Waals surface area contributed by atoms with Gasteiger partial charge >= 0.3 is 0 Å². The van der Waals surface area contributed by atoms with E-state index in [0.29, 0.717) is 21.6 Å². The number of nitrogens with one attached hydrogen (secondary N) is 1. The van der Waals surface area contributed by atoms with Gasteiger partial charge in [0.15, 0.2) is 5.78 Å². The molecule has 3 rings (SSSR count). The van der Waals surface area contributed by atoms with E-state index >= 15 is 0 Å². The maximum atomic E-state index is 12.6. The van der Waals surface area contributed by atoms with Crippen LogP contribution in [0.15, 0.2) is 53.3 Å². The number of halogens is 1. The summed E-state index contributed by atoms with van der Waals surface area (Å²) in [6, 6.07) is 14.4. The first kappa shape index (κ1) is 13.6. The van der Waals surface area contributed by atoms with Crippen LogP contribution in [-0.2, 0) is 0 Å². The zero-order chi connectivity index (χ0) is 15.0. The highest BCUT2D eigenvalue weighted by atomic mass is 35.5. The number of para-hydroxylation sites is 1. The Morgan fingerprint density at radius 1 is 1.05 bits per heavy atom. The molecule has 0 bridgehead atoms. The van der Waals surface area contributed by atoms with Crippen LogP contribution in [0.3, 0.4) is 0 Å². The summed E-state index contributed by atoms with van der Waals surface area (Å²) < 4.78 is 0. The number of aromatic nitrogens is 1. The Balaban J connectivity index is 2.49. The standard InChI is InChI=1S/C17H12ClNO2/c1-10(20)14-15(11-6-3-2-4-7-11)19-16-12(17(14)21)8-5-9-13(16)18/h2-9H,1H3,(H,19,21). The van der Waals surface area contributed by atoms with Crippen molar-refractivity contribution in [3.63, 3.8) is 0 Å². The molecule has 0 radical (unpaired) electrons. The molecule has 0 atom stereocenters. The minimum atomic E-state index is -0.294. The number of rotatable bonds is 2. The third kappa shape index (κ3) is 2.26. The van der Waals surface area contributed by atoms with Gasteiger partial charge in [-0.3, -0.25) is 9.59 Å². The van der Waals surface area contributed by atoms with Crippen molar-refractivity contribution in [3.05, 3.63) is 69.3 Å². The van der Waals surface area contributed by atoms with Gasteiger partial charge in [-0.2, -0.15) is 0 Å². The molecule has 0 aliphatic heterocycles. The molecule has 0 spiro atoms. The number of ketones is 1. The summed E-state index contributed by atoms with van der Waals surface area (Å²) in [5.74, 6) is -0.267. The number of pyridine rings is 1. The van der Waals surface area contributed by atoms with Crippen molar-refractivity contribution in [1.82, 2.24) is 4.98 Å². The van der Waals surface area contributed by atoms with Gasteiger partial charge in [-0.1, -0.05) is 48.0 Å². The summed E-state index contributed by atoms with van der Waals surface area (Å²) in [5, 5.41) is 0.879. The molecule has 0 fully saturated rings. The number of fused-ring (bicyclic) bond motifs is 1. The van der Waals surface area contributed by atoms with E-state index < -0.39 is 0 Å². The number of H-pyrrole nitrogens is 1. The summed E-state index contributed by atoms with van der Waals surface area (Å²) >= 11 is 6.17. The van der Waals surface area contributed by atoms with E-state index in [1.54, 1.807) is 18.2 Å². The smallest absolute Gasteiger partial charge is 0.200 e. The molecule has 3 aromatic rings. The van der Waals surface area contributed by atoms with Crippen molar-refractivity contribution in [2.75, 3.05) is 0 Å². The van der Waals surface area contributed by atoms with Crippen molar-refractivity contribution in [1.29, 1.82) is 0 Å². The molecule has 4 heteroatoms. The Hall–Kier alpha value is -2.39. The summed E-state index contributed by atoms with van der Waals surface area (Å²) in [6.45, 7) is 1.40. The molecule has 0 aliphatic rings.